The number of morpholine rings is 1. The van der Waals surface area contributed by atoms with E-state index in [4.69, 9.17) is 4.74 Å². The Morgan fingerprint density at radius 1 is 1.38 bits per heavy atom. The van der Waals surface area contributed by atoms with Gasteiger partial charge in [0.2, 0.25) is 5.91 Å². The van der Waals surface area contributed by atoms with Gasteiger partial charge in [0, 0.05) is 38.9 Å². The molecule has 1 amide bonds. The lowest BCUT2D eigenvalue weighted by Crippen LogP contribution is -2.54. The average Bonchev–Trinajstić information content (AvgIpc) is 2.67. The molecule has 1 aromatic heterocycles. The lowest BCUT2D eigenvalue weighted by atomic mass is 10.1. The van der Waals surface area contributed by atoms with E-state index in [1.54, 1.807) is 6.20 Å². The van der Waals surface area contributed by atoms with E-state index >= 15 is 0 Å². The molecule has 7 heteroatoms. The minimum atomic E-state index is -0.0778. The number of hydrogen-bond acceptors (Lipinski definition) is 6. The van der Waals surface area contributed by atoms with Crippen LogP contribution in [0.2, 0.25) is 0 Å². The van der Waals surface area contributed by atoms with Crippen LogP contribution in [0.25, 0.3) is 0 Å². The van der Waals surface area contributed by atoms with Crippen LogP contribution in [0.4, 0.5) is 5.82 Å². The summed E-state index contributed by atoms with van der Waals surface area (Å²) in [6.07, 6.45) is 5.21. The second-order valence-corrected chi connectivity index (χ2v) is 6.54. The maximum atomic E-state index is 12.7. The first kappa shape index (κ1) is 17.1. The third kappa shape index (κ3) is 4.42. The van der Waals surface area contributed by atoms with Crippen LogP contribution in [0, 0.1) is 0 Å². The van der Waals surface area contributed by atoms with Crippen molar-refractivity contribution in [3.63, 3.8) is 0 Å². The number of anilines is 1. The van der Waals surface area contributed by atoms with Gasteiger partial charge in [-0.25, -0.2) is 0 Å². The molecule has 3 rings (SSSR count). The second-order valence-electron chi connectivity index (χ2n) is 6.54. The number of ether oxygens (including phenoxy) is 1. The molecule has 3 heterocycles. The standard InChI is InChI=1S/C17H27N5O2/c1-14(17(23)21-8-3-2-4-9-21)22-10-11-24-15(13-22)12-18-16-6-5-7-19-20-16/h5-7,14-15H,2-4,8-13H2,1H3,(H,18,20). The van der Waals surface area contributed by atoms with E-state index < -0.39 is 0 Å². The van der Waals surface area contributed by atoms with E-state index in [-0.39, 0.29) is 18.1 Å². The predicted octanol–water partition coefficient (Wildman–Crippen LogP) is 0.990. The molecular weight excluding hydrogens is 306 g/mol. The first-order valence-corrected chi connectivity index (χ1v) is 8.90. The fraction of sp³-hybridized carbons (Fsp3) is 0.706. The zero-order valence-corrected chi connectivity index (χ0v) is 14.4. The molecule has 2 atom stereocenters. The van der Waals surface area contributed by atoms with Crippen molar-refractivity contribution in [2.75, 3.05) is 44.6 Å². The van der Waals surface area contributed by atoms with Crippen LogP contribution in [0.1, 0.15) is 26.2 Å². The first-order valence-electron chi connectivity index (χ1n) is 8.90. The van der Waals surface area contributed by atoms with Crippen LogP contribution in [0.5, 0.6) is 0 Å². The third-order valence-corrected chi connectivity index (χ3v) is 4.83. The Bertz CT molecular complexity index is 521. The fourth-order valence-electron chi connectivity index (χ4n) is 3.37. The molecule has 0 radical (unpaired) electrons. The normalized spacial score (nSPS) is 23.7. The molecule has 2 fully saturated rings. The van der Waals surface area contributed by atoms with E-state index in [0.29, 0.717) is 13.2 Å². The number of rotatable bonds is 5. The zero-order chi connectivity index (χ0) is 16.8. The van der Waals surface area contributed by atoms with Gasteiger partial charge >= 0.3 is 0 Å². The van der Waals surface area contributed by atoms with Crippen molar-refractivity contribution >= 4 is 11.7 Å². The summed E-state index contributed by atoms with van der Waals surface area (Å²) >= 11 is 0. The summed E-state index contributed by atoms with van der Waals surface area (Å²) in [4.78, 5) is 17.0. The number of piperidine rings is 1. The topological polar surface area (TPSA) is 70.6 Å². The van der Waals surface area contributed by atoms with Gasteiger partial charge in [-0.15, -0.1) is 5.10 Å². The summed E-state index contributed by atoms with van der Waals surface area (Å²) in [5.74, 6) is 1.01. The van der Waals surface area contributed by atoms with Crippen molar-refractivity contribution in [2.24, 2.45) is 0 Å². The number of nitrogens with zero attached hydrogens (tertiary/aromatic N) is 4. The van der Waals surface area contributed by atoms with Crippen molar-refractivity contribution in [3.05, 3.63) is 18.3 Å². The number of likely N-dealkylation sites (tertiary alicyclic amines) is 1. The highest BCUT2D eigenvalue weighted by Gasteiger charge is 2.30. The highest BCUT2D eigenvalue weighted by atomic mass is 16.5. The number of aromatic nitrogens is 2. The number of nitrogens with one attached hydrogen (secondary N) is 1. The molecule has 2 aliphatic rings. The van der Waals surface area contributed by atoms with Crippen molar-refractivity contribution < 1.29 is 9.53 Å². The Morgan fingerprint density at radius 2 is 2.21 bits per heavy atom. The van der Waals surface area contributed by atoms with Gasteiger partial charge in [-0.2, -0.15) is 5.10 Å². The smallest absolute Gasteiger partial charge is 0.239 e. The van der Waals surface area contributed by atoms with E-state index in [0.717, 1.165) is 44.8 Å². The van der Waals surface area contributed by atoms with Gasteiger partial charge in [-0.3, -0.25) is 9.69 Å². The lowest BCUT2D eigenvalue weighted by Gasteiger charge is -2.38. The van der Waals surface area contributed by atoms with Gasteiger partial charge < -0.3 is 15.0 Å². The number of carbonyl (C=O) groups excluding carboxylic acids is 1. The molecular formula is C17H27N5O2. The Labute approximate surface area is 143 Å². The molecule has 0 bridgehead atoms. The monoisotopic (exact) mass is 333 g/mol. The molecule has 132 valence electrons. The summed E-state index contributed by atoms with van der Waals surface area (Å²) in [7, 11) is 0. The molecule has 1 aromatic rings. The Morgan fingerprint density at radius 3 is 2.96 bits per heavy atom. The summed E-state index contributed by atoms with van der Waals surface area (Å²) in [6.45, 7) is 6.73. The van der Waals surface area contributed by atoms with Gasteiger partial charge in [0.05, 0.1) is 18.8 Å². The maximum Gasteiger partial charge on any atom is 0.239 e. The van der Waals surface area contributed by atoms with Crippen molar-refractivity contribution in [1.82, 2.24) is 20.0 Å². The van der Waals surface area contributed by atoms with E-state index in [9.17, 15) is 4.79 Å². The van der Waals surface area contributed by atoms with Gasteiger partial charge in [0.25, 0.3) is 0 Å². The molecule has 0 aliphatic carbocycles. The average molecular weight is 333 g/mol. The third-order valence-electron chi connectivity index (χ3n) is 4.83. The van der Waals surface area contributed by atoms with Gasteiger partial charge in [-0.05, 0) is 38.3 Å². The molecule has 24 heavy (non-hydrogen) atoms. The predicted molar refractivity (Wildman–Crippen MR) is 91.7 cm³/mol. The number of amides is 1. The second kappa shape index (κ2) is 8.39. The van der Waals surface area contributed by atoms with Gasteiger partial charge in [-0.1, -0.05) is 0 Å². The molecule has 2 aliphatic heterocycles. The van der Waals surface area contributed by atoms with Crippen LogP contribution in [-0.2, 0) is 9.53 Å². The Hall–Kier alpha value is -1.73. The molecule has 2 saturated heterocycles. The Kier molecular flexibility index (Phi) is 5.98. The summed E-state index contributed by atoms with van der Waals surface area (Å²) < 4.78 is 5.83. The van der Waals surface area contributed by atoms with Crippen LogP contribution in [0.15, 0.2) is 18.3 Å². The van der Waals surface area contributed by atoms with Gasteiger partial charge in [0.1, 0.15) is 5.82 Å². The lowest BCUT2D eigenvalue weighted by molar-refractivity contribution is -0.140. The Balaban J connectivity index is 1.49. The SMILES string of the molecule is CC(C(=O)N1CCCCC1)N1CCOC(CNc2cccnn2)C1. The summed E-state index contributed by atoms with van der Waals surface area (Å²) in [6, 6.07) is 3.66. The molecule has 0 spiro atoms. The summed E-state index contributed by atoms with van der Waals surface area (Å²) in [5, 5.41) is 11.1. The minimum Gasteiger partial charge on any atom is -0.374 e. The molecule has 1 N–H and O–H groups in total. The molecule has 7 nitrogen and oxygen atoms in total. The highest BCUT2D eigenvalue weighted by molar-refractivity contribution is 5.81. The van der Waals surface area contributed by atoms with Gasteiger partial charge in [0.15, 0.2) is 0 Å². The van der Waals surface area contributed by atoms with Crippen molar-refractivity contribution in [2.45, 2.75) is 38.3 Å². The quantitative estimate of drug-likeness (QED) is 0.866. The van der Waals surface area contributed by atoms with Crippen molar-refractivity contribution in [1.29, 1.82) is 0 Å². The van der Waals surface area contributed by atoms with Crippen LogP contribution in [0.3, 0.4) is 0 Å². The molecule has 2 unspecified atom stereocenters. The fourth-order valence-corrected chi connectivity index (χ4v) is 3.37. The summed E-state index contributed by atoms with van der Waals surface area (Å²) in [5.41, 5.74) is 0. The molecule has 0 aromatic carbocycles. The van der Waals surface area contributed by atoms with Crippen LogP contribution in [-0.4, -0.2) is 77.4 Å². The van der Waals surface area contributed by atoms with Crippen LogP contribution >= 0.6 is 0 Å². The highest BCUT2D eigenvalue weighted by Crippen LogP contribution is 2.15. The minimum absolute atomic E-state index is 0.0531. The number of hydrogen-bond donors (Lipinski definition) is 1. The van der Waals surface area contributed by atoms with E-state index in [1.807, 2.05) is 24.0 Å². The van der Waals surface area contributed by atoms with Crippen LogP contribution < -0.4 is 5.32 Å². The maximum absolute atomic E-state index is 12.7. The molecule has 0 saturated carbocycles. The van der Waals surface area contributed by atoms with E-state index in [1.165, 1.54) is 6.42 Å². The first-order chi connectivity index (χ1) is 11.7. The number of carbonyl (C=O) groups is 1. The largest absolute Gasteiger partial charge is 0.374 e. The zero-order valence-electron chi connectivity index (χ0n) is 14.4. The van der Waals surface area contributed by atoms with Crippen molar-refractivity contribution in [3.8, 4) is 0 Å². The van der Waals surface area contributed by atoms with E-state index in [2.05, 4.69) is 20.4 Å².